The maximum absolute atomic E-state index is 13.0. The smallest absolute Gasteiger partial charge is 0.265 e. The second kappa shape index (κ2) is 9.24. The molecular weight excluding hydrogens is 428 g/mol. The number of halogens is 1. The Kier molecular flexibility index (Phi) is 6.23. The molecule has 1 aliphatic heterocycles. The first-order valence-electron chi connectivity index (χ1n) is 10.2. The molecule has 2 amide bonds. The fourth-order valence-electron chi connectivity index (χ4n) is 3.65. The molecule has 1 N–H and O–H groups in total. The number of nitrogens with zero attached hydrogens (tertiary/aromatic N) is 1. The minimum absolute atomic E-state index is 0.128. The zero-order valence-corrected chi connectivity index (χ0v) is 18.1. The summed E-state index contributed by atoms with van der Waals surface area (Å²) >= 11 is 5.87. The summed E-state index contributed by atoms with van der Waals surface area (Å²) in [5.41, 5.74) is 2.28. The zero-order chi connectivity index (χ0) is 22.7. The fourth-order valence-corrected chi connectivity index (χ4v) is 3.78. The van der Waals surface area contributed by atoms with Crippen molar-refractivity contribution in [2.24, 2.45) is 0 Å². The zero-order valence-electron chi connectivity index (χ0n) is 17.4. The highest BCUT2D eigenvalue weighted by Crippen LogP contribution is 2.31. The Hall–Kier alpha value is -3.64. The lowest BCUT2D eigenvalue weighted by atomic mass is 10.0. The van der Waals surface area contributed by atoms with Gasteiger partial charge in [0.15, 0.2) is 12.4 Å². The molecule has 0 radical (unpaired) electrons. The van der Waals surface area contributed by atoms with Crippen LogP contribution in [0, 0.1) is 0 Å². The second-order valence-electron chi connectivity index (χ2n) is 7.53. The molecule has 3 aromatic rings. The Labute approximate surface area is 190 Å². The topological polar surface area (TPSA) is 75.7 Å². The van der Waals surface area contributed by atoms with Crippen molar-refractivity contribution in [1.82, 2.24) is 0 Å². The van der Waals surface area contributed by atoms with Crippen LogP contribution < -0.4 is 15.0 Å². The summed E-state index contributed by atoms with van der Waals surface area (Å²) in [6.45, 7) is 1.63. The third-order valence-electron chi connectivity index (χ3n) is 5.21. The molecule has 3 aromatic carbocycles. The SMILES string of the molecule is C[C@H]1CC(=O)Nc2ccccc2N1C(=O)COc1ccc(C(=O)c2ccc(Cl)cc2)cc1. The first-order valence-corrected chi connectivity index (χ1v) is 10.5. The van der Waals surface area contributed by atoms with Gasteiger partial charge in [-0.15, -0.1) is 0 Å². The standard InChI is InChI=1S/C25H21ClN2O4/c1-16-14-23(29)27-21-4-2-3-5-22(21)28(16)24(30)15-32-20-12-8-18(9-13-20)25(31)17-6-10-19(26)11-7-17/h2-13,16H,14-15H2,1H3,(H,27,29)/t16-/m0/s1. The molecule has 0 saturated heterocycles. The molecule has 0 unspecified atom stereocenters. The number of hydrogen-bond donors (Lipinski definition) is 1. The van der Waals surface area contributed by atoms with Crippen molar-refractivity contribution in [3.05, 3.63) is 88.9 Å². The number of anilines is 2. The molecular formula is C25H21ClN2O4. The van der Waals surface area contributed by atoms with Crippen LogP contribution in [-0.2, 0) is 9.59 Å². The van der Waals surface area contributed by atoms with Crippen molar-refractivity contribution in [1.29, 1.82) is 0 Å². The molecule has 1 atom stereocenters. The van der Waals surface area contributed by atoms with Gasteiger partial charge in [-0.05, 0) is 67.6 Å². The van der Waals surface area contributed by atoms with Crippen LogP contribution in [0.5, 0.6) is 5.75 Å². The molecule has 1 heterocycles. The summed E-state index contributed by atoms with van der Waals surface area (Å²) in [6, 6.07) is 20.2. The number of ether oxygens (including phenoxy) is 1. The number of amides is 2. The third-order valence-corrected chi connectivity index (χ3v) is 5.47. The van der Waals surface area contributed by atoms with Gasteiger partial charge in [0.1, 0.15) is 5.75 Å². The number of carbonyl (C=O) groups excluding carboxylic acids is 3. The lowest BCUT2D eigenvalue weighted by Crippen LogP contribution is -2.41. The van der Waals surface area contributed by atoms with E-state index in [1.807, 2.05) is 13.0 Å². The van der Waals surface area contributed by atoms with Gasteiger partial charge in [0.05, 0.1) is 11.4 Å². The van der Waals surface area contributed by atoms with Crippen LogP contribution in [0.25, 0.3) is 0 Å². The third kappa shape index (κ3) is 4.65. The van der Waals surface area contributed by atoms with E-state index in [-0.39, 0.29) is 36.7 Å². The predicted molar refractivity (Wildman–Crippen MR) is 123 cm³/mol. The predicted octanol–water partition coefficient (Wildman–Crippen LogP) is 4.71. The molecule has 7 heteroatoms. The quantitative estimate of drug-likeness (QED) is 0.573. The fraction of sp³-hybridized carbons (Fsp3) is 0.160. The highest BCUT2D eigenvalue weighted by Gasteiger charge is 2.29. The van der Waals surface area contributed by atoms with Gasteiger partial charge in [-0.1, -0.05) is 23.7 Å². The number of nitrogens with one attached hydrogen (secondary N) is 1. The van der Waals surface area contributed by atoms with Gasteiger partial charge in [0, 0.05) is 28.6 Å². The average molecular weight is 449 g/mol. The monoisotopic (exact) mass is 448 g/mol. The van der Waals surface area contributed by atoms with Crippen molar-refractivity contribution in [2.75, 3.05) is 16.8 Å². The summed E-state index contributed by atoms with van der Waals surface area (Å²) < 4.78 is 5.68. The highest BCUT2D eigenvalue weighted by molar-refractivity contribution is 6.30. The normalized spacial score (nSPS) is 15.4. The maximum atomic E-state index is 13.0. The van der Waals surface area contributed by atoms with Crippen LogP contribution in [0.4, 0.5) is 11.4 Å². The number of para-hydroxylation sites is 2. The molecule has 1 aliphatic rings. The minimum atomic E-state index is -0.311. The molecule has 0 saturated carbocycles. The van der Waals surface area contributed by atoms with E-state index < -0.39 is 0 Å². The summed E-state index contributed by atoms with van der Waals surface area (Å²) in [6.07, 6.45) is 0.196. The van der Waals surface area contributed by atoms with Crippen LogP contribution in [0.2, 0.25) is 5.02 Å². The van der Waals surface area contributed by atoms with E-state index >= 15 is 0 Å². The molecule has 32 heavy (non-hydrogen) atoms. The summed E-state index contributed by atoms with van der Waals surface area (Å²) in [7, 11) is 0. The first kappa shape index (κ1) is 21.6. The highest BCUT2D eigenvalue weighted by atomic mass is 35.5. The Morgan fingerprint density at radius 3 is 2.31 bits per heavy atom. The maximum Gasteiger partial charge on any atom is 0.265 e. The Bertz CT molecular complexity index is 1160. The molecule has 0 aliphatic carbocycles. The lowest BCUT2D eigenvalue weighted by molar-refractivity contribution is -0.121. The number of carbonyl (C=O) groups is 3. The molecule has 6 nitrogen and oxygen atoms in total. The van der Waals surface area contributed by atoms with E-state index in [4.69, 9.17) is 16.3 Å². The molecule has 4 rings (SSSR count). The molecule has 0 fully saturated rings. The van der Waals surface area contributed by atoms with Crippen molar-refractivity contribution < 1.29 is 19.1 Å². The minimum Gasteiger partial charge on any atom is -0.484 e. The largest absolute Gasteiger partial charge is 0.484 e. The average Bonchev–Trinajstić information content (AvgIpc) is 2.92. The van der Waals surface area contributed by atoms with E-state index in [1.165, 1.54) is 0 Å². The van der Waals surface area contributed by atoms with Crippen LogP contribution in [0.15, 0.2) is 72.8 Å². The number of fused-ring (bicyclic) bond motifs is 1. The number of hydrogen-bond acceptors (Lipinski definition) is 4. The van der Waals surface area contributed by atoms with Crippen LogP contribution >= 0.6 is 11.6 Å². The van der Waals surface area contributed by atoms with Gasteiger partial charge in [-0.25, -0.2) is 0 Å². The van der Waals surface area contributed by atoms with Gasteiger partial charge in [0.25, 0.3) is 5.91 Å². The van der Waals surface area contributed by atoms with Crippen LogP contribution in [0.3, 0.4) is 0 Å². The Balaban J connectivity index is 1.44. The van der Waals surface area contributed by atoms with Crippen molar-refractivity contribution in [3.63, 3.8) is 0 Å². The number of benzene rings is 3. The van der Waals surface area contributed by atoms with E-state index in [9.17, 15) is 14.4 Å². The summed E-state index contributed by atoms with van der Waals surface area (Å²) in [4.78, 5) is 39.2. The number of rotatable bonds is 5. The Morgan fingerprint density at radius 1 is 1.00 bits per heavy atom. The molecule has 0 spiro atoms. The van der Waals surface area contributed by atoms with E-state index in [2.05, 4.69) is 5.32 Å². The van der Waals surface area contributed by atoms with Crippen molar-refractivity contribution >= 4 is 40.6 Å². The van der Waals surface area contributed by atoms with Crippen LogP contribution in [-0.4, -0.2) is 30.2 Å². The Morgan fingerprint density at radius 2 is 1.62 bits per heavy atom. The lowest BCUT2D eigenvalue weighted by Gasteiger charge is -2.27. The molecule has 0 aromatic heterocycles. The summed E-state index contributed by atoms with van der Waals surface area (Å²) in [5.74, 6) is -0.0581. The van der Waals surface area contributed by atoms with Crippen molar-refractivity contribution in [3.8, 4) is 5.75 Å². The second-order valence-corrected chi connectivity index (χ2v) is 7.97. The van der Waals surface area contributed by atoms with Gasteiger partial charge < -0.3 is 15.0 Å². The number of ketones is 1. The van der Waals surface area contributed by atoms with E-state index in [0.717, 1.165) is 0 Å². The van der Waals surface area contributed by atoms with Crippen molar-refractivity contribution in [2.45, 2.75) is 19.4 Å². The van der Waals surface area contributed by atoms with E-state index in [1.54, 1.807) is 71.6 Å². The van der Waals surface area contributed by atoms with Gasteiger partial charge in [-0.2, -0.15) is 0 Å². The van der Waals surface area contributed by atoms with E-state index in [0.29, 0.717) is 33.3 Å². The van der Waals surface area contributed by atoms with Gasteiger partial charge in [-0.3, -0.25) is 14.4 Å². The molecule has 0 bridgehead atoms. The molecule has 162 valence electrons. The summed E-state index contributed by atoms with van der Waals surface area (Å²) in [5, 5.41) is 3.40. The van der Waals surface area contributed by atoms with Crippen LogP contribution in [0.1, 0.15) is 29.3 Å². The first-order chi connectivity index (χ1) is 15.4. The van der Waals surface area contributed by atoms with Gasteiger partial charge >= 0.3 is 0 Å². The van der Waals surface area contributed by atoms with Gasteiger partial charge in [0.2, 0.25) is 5.91 Å².